The SMILES string of the molecule is COc1c(F)cccc1Nc1c2[nH]c3c1C(=O)NCC3CCOC(=O)N1CCC(CC1)COc1cnccc1-2. The van der Waals surface area contributed by atoms with Crippen molar-refractivity contribution < 1.29 is 28.2 Å². The summed E-state index contributed by atoms with van der Waals surface area (Å²) < 4.78 is 31.8. The van der Waals surface area contributed by atoms with E-state index < -0.39 is 5.82 Å². The molecule has 4 aliphatic heterocycles. The Hall–Kier alpha value is -4.28. The van der Waals surface area contributed by atoms with Gasteiger partial charge in [0.25, 0.3) is 5.91 Å². The summed E-state index contributed by atoms with van der Waals surface area (Å²) >= 11 is 0. The van der Waals surface area contributed by atoms with Gasteiger partial charge < -0.3 is 34.7 Å². The number of H-pyrrole nitrogens is 1. The molecule has 2 aromatic heterocycles. The van der Waals surface area contributed by atoms with Crippen LogP contribution in [-0.4, -0.2) is 66.8 Å². The van der Waals surface area contributed by atoms with Crippen LogP contribution in [0.2, 0.25) is 0 Å². The minimum atomic E-state index is -0.526. The summed E-state index contributed by atoms with van der Waals surface area (Å²) in [5, 5.41) is 6.23. The first-order chi connectivity index (χ1) is 19.0. The number of carbonyl (C=O) groups is 2. The highest BCUT2D eigenvalue weighted by Crippen LogP contribution is 2.44. The zero-order chi connectivity index (χ0) is 26.9. The molecular weight excluding hydrogens is 505 g/mol. The second-order valence-electron chi connectivity index (χ2n) is 10.0. The smallest absolute Gasteiger partial charge is 0.409 e. The molecule has 0 spiro atoms. The van der Waals surface area contributed by atoms with Crippen molar-refractivity contribution in [3.05, 3.63) is 53.7 Å². The van der Waals surface area contributed by atoms with Crippen molar-refractivity contribution in [2.45, 2.75) is 25.2 Å². The molecule has 11 heteroatoms. The first-order valence-corrected chi connectivity index (χ1v) is 13.2. The number of aromatic nitrogens is 2. The van der Waals surface area contributed by atoms with Crippen molar-refractivity contribution in [2.75, 3.05) is 45.3 Å². The minimum absolute atomic E-state index is 0.0356. The van der Waals surface area contributed by atoms with Crippen molar-refractivity contribution in [1.82, 2.24) is 20.2 Å². The maximum atomic E-state index is 14.6. The zero-order valence-corrected chi connectivity index (χ0v) is 21.6. The number of nitrogens with zero attached hydrogens (tertiary/aromatic N) is 2. The van der Waals surface area contributed by atoms with E-state index in [2.05, 4.69) is 20.6 Å². The summed E-state index contributed by atoms with van der Waals surface area (Å²) in [7, 11) is 1.40. The monoisotopic (exact) mass is 535 g/mol. The van der Waals surface area contributed by atoms with Crippen molar-refractivity contribution in [3.8, 4) is 22.8 Å². The fourth-order valence-electron chi connectivity index (χ4n) is 5.56. The van der Waals surface area contributed by atoms with E-state index in [0.29, 0.717) is 66.7 Å². The summed E-state index contributed by atoms with van der Waals surface area (Å²) in [4.78, 5) is 35.4. The second kappa shape index (κ2) is 10.5. The summed E-state index contributed by atoms with van der Waals surface area (Å²) in [5.74, 6) is -0.0567. The maximum absolute atomic E-state index is 14.6. The number of para-hydroxylation sites is 1. The highest BCUT2D eigenvalue weighted by molar-refractivity contribution is 6.07. The number of pyridine rings is 1. The van der Waals surface area contributed by atoms with Gasteiger partial charge in [-0.2, -0.15) is 0 Å². The van der Waals surface area contributed by atoms with Crippen LogP contribution in [0.4, 0.5) is 20.6 Å². The number of piperidine rings is 1. The van der Waals surface area contributed by atoms with Gasteiger partial charge in [0.05, 0.1) is 49.2 Å². The van der Waals surface area contributed by atoms with Crippen LogP contribution in [0, 0.1) is 11.7 Å². The second-order valence-corrected chi connectivity index (χ2v) is 10.0. The molecule has 3 N–H and O–H groups in total. The Kier molecular flexibility index (Phi) is 6.72. The van der Waals surface area contributed by atoms with Crippen LogP contribution in [0.25, 0.3) is 11.3 Å². The average molecular weight is 536 g/mol. The minimum Gasteiger partial charge on any atom is -0.492 e. The Morgan fingerprint density at radius 3 is 2.82 bits per heavy atom. The van der Waals surface area contributed by atoms with Gasteiger partial charge in [0, 0.05) is 43.0 Å². The number of nitrogens with one attached hydrogen (secondary N) is 3. The summed E-state index contributed by atoms with van der Waals surface area (Å²) in [6, 6.07) is 6.41. The van der Waals surface area contributed by atoms with Crippen LogP contribution in [0.5, 0.6) is 11.5 Å². The maximum Gasteiger partial charge on any atom is 0.409 e. The predicted octanol–water partition coefficient (Wildman–Crippen LogP) is 4.43. The van der Waals surface area contributed by atoms with Gasteiger partial charge in [-0.15, -0.1) is 0 Å². The van der Waals surface area contributed by atoms with Gasteiger partial charge >= 0.3 is 6.09 Å². The molecule has 4 bridgehead atoms. The van der Waals surface area contributed by atoms with Gasteiger partial charge in [-0.25, -0.2) is 9.18 Å². The molecule has 39 heavy (non-hydrogen) atoms. The molecule has 4 aliphatic rings. The van der Waals surface area contributed by atoms with Gasteiger partial charge in [0.15, 0.2) is 11.6 Å². The molecule has 1 atom stereocenters. The lowest BCUT2D eigenvalue weighted by Crippen LogP contribution is -2.40. The number of ether oxygens (including phenoxy) is 3. The van der Waals surface area contributed by atoms with E-state index in [1.54, 1.807) is 29.4 Å². The molecule has 10 nitrogen and oxygen atoms in total. The number of hydrogen-bond acceptors (Lipinski definition) is 7. The lowest BCUT2D eigenvalue weighted by Gasteiger charge is -2.31. The molecule has 1 fully saturated rings. The van der Waals surface area contributed by atoms with Gasteiger partial charge in [-0.05, 0) is 43.4 Å². The van der Waals surface area contributed by atoms with E-state index in [1.807, 2.05) is 6.07 Å². The van der Waals surface area contributed by atoms with Crippen molar-refractivity contribution >= 4 is 23.4 Å². The van der Waals surface area contributed by atoms with Crippen molar-refractivity contribution in [1.29, 1.82) is 0 Å². The Morgan fingerprint density at radius 1 is 1.15 bits per heavy atom. The lowest BCUT2D eigenvalue weighted by atomic mass is 9.93. The van der Waals surface area contributed by atoms with Crippen LogP contribution in [0.3, 0.4) is 0 Å². The van der Waals surface area contributed by atoms with Crippen LogP contribution in [0.1, 0.15) is 41.2 Å². The fraction of sp³-hybridized carbons (Fsp3) is 0.393. The molecule has 0 saturated carbocycles. The highest BCUT2D eigenvalue weighted by atomic mass is 19.1. The van der Waals surface area contributed by atoms with Crippen molar-refractivity contribution in [3.63, 3.8) is 0 Å². The Bertz CT molecular complexity index is 1400. The van der Waals surface area contributed by atoms with Gasteiger partial charge in [0.1, 0.15) is 5.75 Å². The Balaban J connectivity index is 1.48. The quantitative estimate of drug-likeness (QED) is 0.454. The number of benzene rings is 1. The van der Waals surface area contributed by atoms with E-state index in [0.717, 1.165) is 18.4 Å². The molecule has 3 aromatic rings. The number of aromatic amines is 1. The number of methoxy groups -OCH3 is 1. The Labute approximate surface area is 224 Å². The summed E-state index contributed by atoms with van der Waals surface area (Å²) in [6.45, 7) is 2.32. The van der Waals surface area contributed by atoms with Gasteiger partial charge in [-0.3, -0.25) is 9.78 Å². The highest BCUT2D eigenvalue weighted by Gasteiger charge is 2.34. The van der Waals surface area contributed by atoms with Gasteiger partial charge in [-0.1, -0.05) is 6.07 Å². The lowest BCUT2D eigenvalue weighted by molar-refractivity contribution is 0.0776. The standard InChI is InChI=1S/C28H30FN5O5/c1-37-26-19(29)3-2-4-20(26)32-25-22-23-17(13-31-27(22)35)8-12-38-28(36)34-10-6-16(7-11-34)15-39-21-14-30-9-5-18(21)24(25)33-23/h2-5,9,14,16-17,32-33H,6-8,10-13,15H2,1H3,(H,31,35). The summed E-state index contributed by atoms with van der Waals surface area (Å²) in [6.07, 6.45) is 5.15. The van der Waals surface area contributed by atoms with E-state index >= 15 is 0 Å². The topological polar surface area (TPSA) is 118 Å². The first kappa shape index (κ1) is 25.0. The van der Waals surface area contributed by atoms with Crippen LogP contribution in [-0.2, 0) is 4.74 Å². The largest absolute Gasteiger partial charge is 0.492 e. The van der Waals surface area contributed by atoms with Crippen LogP contribution in [0.15, 0.2) is 36.7 Å². The third kappa shape index (κ3) is 4.73. The average Bonchev–Trinajstić information content (AvgIpc) is 3.33. The van der Waals surface area contributed by atoms with E-state index in [1.165, 1.54) is 13.2 Å². The van der Waals surface area contributed by atoms with Crippen molar-refractivity contribution in [2.24, 2.45) is 5.92 Å². The molecule has 2 amide bonds. The molecule has 1 unspecified atom stereocenters. The molecular formula is C28H30FN5O5. The third-order valence-corrected chi connectivity index (χ3v) is 7.70. The van der Waals surface area contributed by atoms with Crippen LogP contribution < -0.4 is 20.1 Å². The van der Waals surface area contributed by atoms with E-state index in [-0.39, 0.29) is 36.2 Å². The van der Waals surface area contributed by atoms with Crippen LogP contribution >= 0.6 is 0 Å². The third-order valence-electron chi connectivity index (χ3n) is 7.70. The number of amides is 2. The molecule has 0 aliphatic carbocycles. The number of fused-ring (bicyclic) bond motifs is 6. The number of carbonyl (C=O) groups excluding carboxylic acids is 2. The fourth-order valence-corrected chi connectivity index (χ4v) is 5.56. The molecule has 0 radical (unpaired) electrons. The molecule has 1 saturated heterocycles. The number of rotatable bonds is 3. The molecule has 7 rings (SSSR count). The zero-order valence-electron chi connectivity index (χ0n) is 21.6. The molecule has 204 valence electrons. The predicted molar refractivity (Wildman–Crippen MR) is 141 cm³/mol. The Morgan fingerprint density at radius 2 is 2.00 bits per heavy atom. The molecule has 6 heterocycles. The van der Waals surface area contributed by atoms with E-state index in [4.69, 9.17) is 14.2 Å². The number of halogens is 1. The van der Waals surface area contributed by atoms with Gasteiger partial charge in [0.2, 0.25) is 0 Å². The summed E-state index contributed by atoms with van der Waals surface area (Å²) in [5.41, 5.74) is 3.30. The number of hydrogen-bond donors (Lipinski definition) is 3. The molecule has 1 aromatic carbocycles. The van der Waals surface area contributed by atoms with E-state index in [9.17, 15) is 14.0 Å². The normalized spacial score (nSPS) is 20.9. The number of anilines is 2. The first-order valence-electron chi connectivity index (χ1n) is 13.2.